The highest BCUT2D eigenvalue weighted by Crippen LogP contribution is 2.25. The van der Waals surface area contributed by atoms with Gasteiger partial charge in [-0.3, -0.25) is 24.8 Å². The third-order valence-electron chi connectivity index (χ3n) is 3.85. The first-order valence-corrected chi connectivity index (χ1v) is 8.15. The van der Waals surface area contributed by atoms with Gasteiger partial charge in [0.2, 0.25) is 5.91 Å². The second-order valence-electron chi connectivity index (χ2n) is 5.59. The second-order valence-corrected chi connectivity index (χ2v) is 5.59. The van der Waals surface area contributed by atoms with Gasteiger partial charge < -0.3 is 4.74 Å². The van der Waals surface area contributed by atoms with Crippen molar-refractivity contribution in [3.8, 4) is 5.75 Å². The maximum atomic E-state index is 12.5. The molecule has 8 nitrogen and oxygen atoms in total. The van der Waals surface area contributed by atoms with E-state index in [1.165, 1.54) is 12.4 Å². The largest absolute Gasteiger partial charge is 0.494 e. The highest BCUT2D eigenvalue weighted by atomic mass is 16.5. The normalized spacial score (nSPS) is 16.7. The molecular weight excluding hydrogens is 336 g/mol. The van der Waals surface area contributed by atoms with Crippen LogP contribution in [0.3, 0.4) is 0 Å². The Kier molecular flexibility index (Phi) is 5.23. The molecule has 1 aliphatic rings. The van der Waals surface area contributed by atoms with Crippen molar-refractivity contribution in [1.82, 2.24) is 15.8 Å². The molecule has 3 rings (SSSR count). The first-order chi connectivity index (χ1) is 12.6. The molecule has 26 heavy (non-hydrogen) atoms. The quantitative estimate of drug-likeness (QED) is 0.594. The lowest BCUT2D eigenvalue weighted by atomic mass is 10.2. The molecule has 1 fully saturated rings. The molecule has 8 heteroatoms. The lowest BCUT2D eigenvalue weighted by Gasteiger charge is -2.16. The summed E-state index contributed by atoms with van der Waals surface area (Å²) in [6.45, 7) is 2.40. The fourth-order valence-electron chi connectivity index (χ4n) is 2.60. The van der Waals surface area contributed by atoms with Gasteiger partial charge in [-0.2, -0.15) is 0 Å². The van der Waals surface area contributed by atoms with Gasteiger partial charge in [0.1, 0.15) is 11.8 Å². The lowest BCUT2D eigenvalue weighted by Crippen LogP contribution is -2.48. The minimum Gasteiger partial charge on any atom is -0.494 e. The molecule has 134 valence electrons. The fraction of sp³-hybridized carbons (Fsp3) is 0.222. The standard InChI is InChI=1S/C18H18N4O4/c1-2-26-14-5-3-13(4-6-14)22-16(23)11-15(18(22)25)20-21-17(24)12-7-9-19-10-8-12/h3-10,15,20H,2,11H2,1H3,(H,21,24). The summed E-state index contributed by atoms with van der Waals surface area (Å²) in [6.07, 6.45) is 2.95. The average molecular weight is 354 g/mol. The van der Waals surface area contributed by atoms with E-state index in [-0.39, 0.29) is 12.3 Å². The second kappa shape index (κ2) is 7.75. The molecule has 0 aliphatic carbocycles. The third kappa shape index (κ3) is 3.70. The zero-order chi connectivity index (χ0) is 18.5. The van der Waals surface area contributed by atoms with Crippen LogP contribution in [0.5, 0.6) is 5.75 Å². The van der Waals surface area contributed by atoms with Crippen LogP contribution in [-0.2, 0) is 9.59 Å². The average Bonchev–Trinajstić information content (AvgIpc) is 2.95. The van der Waals surface area contributed by atoms with Crippen molar-refractivity contribution in [2.45, 2.75) is 19.4 Å². The molecule has 0 radical (unpaired) electrons. The van der Waals surface area contributed by atoms with Gasteiger partial charge in [-0.1, -0.05) is 0 Å². The number of carbonyl (C=O) groups is 3. The SMILES string of the molecule is CCOc1ccc(N2C(=O)CC(NNC(=O)c3ccncc3)C2=O)cc1. The van der Waals surface area contributed by atoms with E-state index >= 15 is 0 Å². The van der Waals surface area contributed by atoms with Crippen molar-refractivity contribution in [2.75, 3.05) is 11.5 Å². The van der Waals surface area contributed by atoms with E-state index in [0.29, 0.717) is 23.6 Å². The molecule has 2 aromatic rings. The Morgan fingerprint density at radius 2 is 1.88 bits per heavy atom. The molecule has 2 heterocycles. The molecule has 1 aliphatic heterocycles. The maximum Gasteiger partial charge on any atom is 0.265 e. The van der Waals surface area contributed by atoms with Gasteiger partial charge in [0.05, 0.1) is 18.7 Å². The maximum absolute atomic E-state index is 12.5. The molecule has 1 saturated heterocycles. The van der Waals surface area contributed by atoms with Crippen LogP contribution in [0.1, 0.15) is 23.7 Å². The molecule has 0 spiro atoms. The topological polar surface area (TPSA) is 101 Å². The predicted octanol–water partition coefficient (Wildman–Crippen LogP) is 1.05. The summed E-state index contributed by atoms with van der Waals surface area (Å²) in [6, 6.07) is 8.98. The summed E-state index contributed by atoms with van der Waals surface area (Å²) in [5.41, 5.74) is 5.95. The molecular formula is C18H18N4O4. The van der Waals surface area contributed by atoms with E-state index in [4.69, 9.17) is 4.74 Å². The van der Waals surface area contributed by atoms with E-state index in [2.05, 4.69) is 15.8 Å². The van der Waals surface area contributed by atoms with Crippen LogP contribution in [0.25, 0.3) is 0 Å². The first kappa shape index (κ1) is 17.6. The fourth-order valence-corrected chi connectivity index (χ4v) is 2.60. The minimum atomic E-state index is -0.820. The molecule has 1 atom stereocenters. The van der Waals surface area contributed by atoms with Crippen LogP contribution >= 0.6 is 0 Å². The summed E-state index contributed by atoms with van der Waals surface area (Å²) >= 11 is 0. The van der Waals surface area contributed by atoms with Crippen LogP contribution in [-0.4, -0.2) is 35.4 Å². The van der Waals surface area contributed by atoms with Crippen LogP contribution in [0, 0.1) is 0 Å². The Morgan fingerprint density at radius 3 is 2.54 bits per heavy atom. The molecule has 0 saturated carbocycles. The summed E-state index contributed by atoms with van der Waals surface area (Å²) in [5.74, 6) is -0.509. The van der Waals surface area contributed by atoms with E-state index in [1.807, 2.05) is 6.92 Å². The van der Waals surface area contributed by atoms with Crippen molar-refractivity contribution >= 4 is 23.4 Å². The van der Waals surface area contributed by atoms with Gasteiger partial charge in [0.25, 0.3) is 11.8 Å². The zero-order valence-electron chi connectivity index (χ0n) is 14.1. The lowest BCUT2D eigenvalue weighted by molar-refractivity contribution is -0.121. The first-order valence-electron chi connectivity index (χ1n) is 8.15. The van der Waals surface area contributed by atoms with Crippen LogP contribution in [0.4, 0.5) is 5.69 Å². The number of nitrogens with one attached hydrogen (secondary N) is 2. The highest BCUT2D eigenvalue weighted by Gasteiger charge is 2.39. The van der Waals surface area contributed by atoms with Crippen molar-refractivity contribution < 1.29 is 19.1 Å². The number of nitrogens with zero attached hydrogens (tertiary/aromatic N) is 2. The predicted molar refractivity (Wildman–Crippen MR) is 93.3 cm³/mol. The summed E-state index contributed by atoms with van der Waals surface area (Å²) in [7, 11) is 0. The number of hydrogen-bond acceptors (Lipinski definition) is 6. The van der Waals surface area contributed by atoms with E-state index < -0.39 is 17.9 Å². The van der Waals surface area contributed by atoms with Gasteiger partial charge in [0, 0.05) is 18.0 Å². The summed E-state index contributed by atoms with van der Waals surface area (Å²) in [4.78, 5) is 41.7. The van der Waals surface area contributed by atoms with E-state index in [0.717, 1.165) is 4.90 Å². The number of amides is 3. The number of imide groups is 1. The van der Waals surface area contributed by atoms with Crippen LogP contribution in [0.15, 0.2) is 48.8 Å². The molecule has 1 unspecified atom stereocenters. The van der Waals surface area contributed by atoms with Crippen molar-refractivity contribution in [3.63, 3.8) is 0 Å². The van der Waals surface area contributed by atoms with Crippen molar-refractivity contribution in [3.05, 3.63) is 54.4 Å². The zero-order valence-corrected chi connectivity index (χ0v) is 14.1. The van der Waals surface area contributed by atoms with Gasteiger partial charge in [-0.05, 0) is 43.3 Å². The van der Waals surface area contributed by atoms with Crippen LogP contribution in [0.2, 0.25) is 0 Å². The Hall–Kier alpha value is -3.26. The number of hydrogen-bond donors (Lipinski definition) is 2. The number of pyridine rings is 1. The Balaban J connectivity index is 1.64. The Labute approximate surface area is 150 Å². The number of benzene rings is 1. The van der Waals surface area contributed by atoms with Gasteiger partial charge in [-0.25, -0.2) is 10.3 Å². The molecule has 1 aromatic carbocycles. The summed E-state index contributed by atoms with van der Waals surface area (Å²) < 4.78 is 5.35. The minimum absolute atomic E-state index is 0.0390. The highest BCUT2D eigenvalue weighted by molar-refractivity contribution is 6.22. The molecule has 1 aromatic heterocycles. The van der Waals surface area contributed by atoms with E-state index in [9.17, 15) is 14.4 Å². The summed E-state index contributed by atoms with van der Waals surface area (Å²) in [5, 5.41) is 0. The van der Waals surface area contributed by atoms with Gasteiger partial charge >= 0.3 is 0 Å². The molecule has 2 N–H and O–H groups in total. The van der Waals surface area contributed by atoms with Crippen LogP contribution < -0.4 is 20.5 Å². The van der Waals surface area contributed by atoms with Gasteiger partial charge in [-0.15, -0.1) is 0 Å². The van der Waals surface area contributed by atoms with Crippen molar-refractivity contribution in [1.29, 1.82) is 0 Å². The third-order valence-corrected chi connectivity index (χ3v) is 3.85. The number of hydrazine groups is 1. The number of ether oxygens (including phenoxy) is 1. The van der Waals surface area contributed by atoms with Crippen molar-refractivity contribution in [2.24, 2.45) is 0 Å². The monoisotopic (exact) mass is 354 g/mol. The smallest absolute Gasteiger partial charge is 0.265 e. The molecule has 3 amide bonds. The number of anilines is 1. The Morgan fingerprint density at radius 1 is 1.19 bits per heavy atom. The molecule has 0 bridgehead atoms. The van der Waals surface area contributed by atoms with E-state index in [1.54, 1.807) is 36.4 Å². The number of rotatable bonds is 6. The van der Waals surface area contributed by atoms with Gasteiger partial charge in [0.15, 0.2) is 0 Å². The number of carbonyl (C=O) groups excluding carboxylic acids is 3. The Bertz CT molecular complexity index is 808. The number of aromatic nitrogens is 1.